The summed E-state index contributed by atoms with van der Waals surface area (Å²) in [5.41, 5.74) is -1.27. The normalized spacial score (nSPS) is 22.4. The molecule has 0 bridgehead atoms. The standard InChI is InChI=1S/C11H20O3/c1-8(2)11(13,10(12)14-3)9-6-4-5-7-9/h8-9,13H,4-7H2,1-3H3. The van der Waals surface area contributed by atoms with Crippen molar-refractivity contribution in [2.45, 2.75) is 45.1 Å². The Morgan fingerprint density at radius 1 is 1.43 bits per heavy atom. The third-order valence-electron chi connectivity index (χ3n) is 3.37. The second-order valence-electron chi connectivity index (χ2n) is 4.45. The first kappa shape index (κ1) is 11.5. The topological polar surface area (TPSA) is 46.5 Å². The average Bonchev–Trinajstić information content (AvgIpc) is 2.68. The van der Waals surface area contributed by atoms with Crippen LogP contribution >= 0.6 is 0 Å². The minimum absolute atomic E-state index is 0.0787. The molecule has 0 aromatic carbocycles. The molecule has 1 aliphatic rings. The number of hydrogen-bond donors (Lipinski definition) is 1. The molecule has 1 N–H and O–H groups in total. The van der Waals surface area contributed by atoms with Crippen LogP contribution in [0.3, 0.4) is 0 Å². The van der Waals surface area contributed by atoms with Gasteiger partial charge in [-0.2, -0.15) is 0 Å². The van der Waals surface area contributed by atoms with E-state index >= 15 is 0 Å². The van der Waals surface area contributed by atoms with Gasteiger partial charge in [-0.15, -0.1) is 0 Å². The summed E-state index contributed by atoms with van der Waals surface area (Å²) in [6.07, 6.45) is 4.08. The van der Waals surface area contributed by atoms with Crippen LogP contribution in [-0.2, 0) is 9.53 Å². The van der Waals surface area contributed by atoms with E-state index in [1.165, 1.54) is 7.11 Å². The SMILES string of the molecule is COC(=O)C(O)(C(C)C)C1CCCC1. The van der Waals surface area contributed by atoms with Crippen LogP contribution < -0.4 is 0 Å². The highest BCUT2D eigenvalue weighted by atomic mass is 16.5. The molecule has 0 saturated heterocycles. The van der Waals surface area contributed by atoms with Gasteiger partial charge in [0.05, 0.1) is 7.11 Å². The highest BCUT2D eigenvalue weighted by molar-refractivity contribution is 5.80. The number of carbonyl (C=O) groups is 1. The molecule has 0 aliphatic heterocycles. The van der Waals surface area contributed by atoms with Gasteiger partial charge in [0.2, 0.25) is 0 Å². The van der Waals surface area contributed by atoms with Gasteiger partial charge in [-0.3, -0.25) is 0 Å². The van der Waals surface area contributed by atoms with Crippen LogP contribution in [0.25, 0.3) is 0 Å². The summed E-state index contributed by atoms with van der Waals surface area (Å²) in [6, 6.07) is 0. The van der Waals surface area contributed by atoms with Gasteiger partial charge >= 0.3 is 5.97 Å². The molecule has 14 heavy (non-hydrogen) atoms. The molecular weight excluding hydrogens is 180 g/mol. The number of hydrogen-bond acceptors (Lipinski definition) is 3. The lowest BCUT2D eigenvalue weighted by Gasteiger charge is -2.34. The molecule has 0 spiro atoms. The third-order valence-corrected chi connectivity index (χ3v) is 3.37. The smallest absolute Gasteiger partial charge is 0.338 e. The Hall–Kier alpha value is -0.570. The van der Waals surface area contributed by atoms with Gasteiger partial charge < -0.3 is 9.84 Å². The van der Waals surface area contributed by atoms with Crippen molar-refractivity contribution in [1.29, 1.82) is 0 Å². The van der Waals surface area contributed by atoms with Crippen molar-refractivity contribution < 1.29 is 14.6 Å². The molecule has 1 aliphatic carbocycles. The second kappa shape index (κ2) is 4.30. The maximum atomic E-state index is 11.6. The molecule has 0 radical (unpaired) electrons. The van der Waals surface area contributed by atoms with Gasteiger partial charge in [0.15, 0.2) is 5.60 Å². The van der Waals surface area contributed by atoms with Crippen LogP contribution in [0.15, 0.2) is 0 Å². The van der Waals surface area contributed by atoms with E-state index < -0.39 is 11.6 Å². The van der Waals surface area contributed by atoms with Crippen LogP contribution in [0.2, 0.25) is 0 Å². The zero-order valence-corrected chi connectivity index (χ0v) is 9.25. The molecule has 82 valence electrons. The van der Waals surface area contributed by atoms with Crippen molar-refractivity contribution in [2.75, 3.05) is 7.11 Å². The van der Waals surface area contributed by atoms with Crippen LogP contribution in [0, 0.1) is 11.8 Å². The van der Waals surface area contributed by atoms with Crippen LogP contribution in [0.5, 0.6) is 0 Å². The lowest BCUT2D eigenvalue weighted by Crippen LogP contribution is -2.50. The number of esters is 1. The number of carbonyl (C=O) groups excluding carboxylic acids is 1. The minimum Gasteiger partial charge on any atom is -0.467 e. The number of rotatable bonds is 3. The Labute approximate surface area is 85.5 Å². The maximum Gasteiger partial charge on any atom is 0.338 e. The monoisotopic (exact) mass is 200 g/mol. The van der Waals surface area contributed by atoms with Crippen molar-refractivity contribution in [3.8, 4) is 0 Å². The van der Waals surface area contributed by atoms with Crippen molar-refractivity contribution in [1.82, 2.24) is 0 Å². The molecule has 0 amide bonds. The van der Waals surface area contributed by atoms with E-state index in [1.54, 1.807) is 0 Å². The number of aliphatic hydroxyl groups is 1. The largest absolute Gasteiger partial charge is 0.467 e. The first-order valence-electron chi connectivity index (χ1n) is 5.34. The lowest BCUT2D eigenvalue weighted by molar-refractivity contribution is -0.175. The van der Waals surface area contributed by atoms with Crippen molar-refractivity contribution >= 4 is 5.97 Å². The van der Waals surface area contributed by atoms with Crippen LogP contribution in [0.4, 0.5) is 0 Å². The molecule has 1 unspecified atom stereocenters. The summed E-state index contributed by atoms with van der Waals surface area (Å²) < 4.78 is 4.70. The van der Waals surface area contributed by atoms with Crippen molar-refractivity contribution in [3.63, 3.8) is 0 Å². The van der Waals surface area contributed by atoms with Gasteiger partial charge in [0.25, 0.3) is 0 Å². The zero-order chi connectivity index (χ0) is 10.8. The van der Waals surface area contributed by atoms with E-state index in [9.17, 15) is 9.90 Å². The Morgan fingerprint density at radius 2 is 1.93 bits per heavy atom. The second-order valence-corrected chi connectivity index (χ2v) is 4.45. The zero-order valence-electron chi connectivity index (χ0n) is 9.25. The minimum atomic E-state index is -1.27. The maximum absolute atomic E-state index is 11.6. The summed E-state index contributed by atoms with van der Waals surface area (Å²) in [7, 11) is 1.34. The number of methoxy groups -OCH3 is 1. The van der Waals surface area contributed by atoms with Gasteiger partial charge in [-0.1, -0.05) is 26.7 Å². The fourth-order valence-corrected chi connectivity index (χ4v) is 2.40. The molecule has 1 atom stereocenters. The quantitative estimate of drug-likeness (QED) is 0.706. The molecule has 3 heteroatoms. The van der Waals surface area contributed by atoms with Gasteiger partial charge in [0.1, 0.15) is 0 Å². The van der Waals surface area contributed by atoms with Crippen molar-refractivity contribution in [2.24, 2.45) is 11.8 Å². The number of ether oxygens (including phenoxy) is 1. The van der Waals surface area contributed by atoms with E-state index in [-0.39, 0.29) is 11.8 Å². The van der Waals surface area contributed by atoms with Gasteiger partial charge in [-0.05, 0) is 24.7 Å². The predicted molar refractivity (Wildman–Crippen MR) is 53.8 cm³/mol. The van der Waals surface area contributed by atoms with Gasteiger partial charge in [-0.25, -0.2) is 4.79 Å². The van der Waals surface area contributed by atoms with Crippen molar-refractivity contribution in [3.05, 3.63) is 0 Å². The third kappa shape index (κ3) is 1.78. The first-order chi connectivity index (χ1) is 6.53. The summed E-state index contributed by atoms with van der Waals surface area (Å²) in [5.74, 6) is -0.479. The highest BCUT2D eigenvalue weighted by Gasteiger charge is 2.48. The van der Waals surface area contributed by atoms with E-state index in [4.69, 9.17) is 4.74 Å². The van der Waals surface area contributed by atoms with E-state index in [0.717, 1.165) is 25.7 Å². The lowest BCUT2D eigenvalue weighted by atomic mass is 9.77. The Balaban J connectivity index is 2.85. The van der Waals surface area contributed by atoms with E-state index in [2.05, 4.69) is 0 Å². The Bertz CT molecular complexity index is 207. The van der Waals surface area contributed by atoms with Gasteiger partial charge in [0, 0.05) is 0 Å². The molecule has 1 fully saturated rings. The Kier molecular flexibility index (Phi) is 3.53. The molecule has 0 aromatic heterocycles. The summed E-state index contributed by atoms with van der Waals surface area (Å²) in [4.78, 5) is 11.6. The van der Waals surface area contributed by atoms with E-state index in [1.807, 2.05) is 13.8 Å². The molecule has 0 heterocycles. The molecule has 3 nitrogen and oxygen atoms in total. The molecule has 1 saturated carbocycles. The fourth-order valence-electron chi connectivity index (χ4n) is 2.40. The fraction of sp³-hybridized carbons (Fsp3) is 0.909. The van der Waals surface area contributed by atoms with E-state index in [0.29, 0.717) is 0 Å². The average molecular weight is 200 g/mol. The van der Waals surface area contributed by atoms with Crippen LogP contribution in [0.1, 0.15) is 39.5 Å². The highest BCUT2D eigenvalue weighted by Crippen LogP contribution is 2.39. The molecular formula is C11H20O3. The summed E-state index contributed by atoms with van der Waals surface area (Å²) >= 11 is 0. The first-order valence-corrected chi connectivity index (χ1v) is 5.34. The predicted octanol–water partition coefficient (Wildman–Crippen LogP) is 1.74. The Morgan fingerprint density at radius 3 is 2.29 bits per heavy atom. The summed E-state index contributed by atoms with van der Waals surface area (Å²) in [5, 5.41) is 10.4. The molecule has 1 rings (SSSR count). The molecule has 0 aromatic rings. The van der Waals surface area contributed by atoms with Crippen LogP contribution in [-0.4, -0.2) is 23.8 Å². The summed E-state index contributed by atoms with van der Waals surface area (Å²) in [6.45, 7) is 3.74.